The molecule has 0 atom stereocenters. The lowest BCUT2D eigenvalue weighted by atomic mass is 10.2. The Hall–Kier alpha value is -2.87. The first-order chi connectivity index (χ1) is 11.8. The van der Waals surface area contributed by atoms with E-state index in [2.05, 4.69) is 9.14 Å². The number of sulfonamides is 1. The molecule has 0 saturated heterocycles. The highest BCUT2D eigenvalue weighted by molar-refractivity contribution is 7.92. The fraction of sp³-hybridized carbons (Fsp3) is 0.176. The summed E-state index contributed by atoms with van der Waals surface area (Å²) in [5.41, 5.74) is 0.884. The van der Waals surface area contributed by atoms with E-state index in [4.69, 9.17) is 0 Å². The summed E-state index contributed by atoms with van der Waals surface area (Å²) in [7, 11) is -3.88. The second-order valence-electron chi connectivity index (χ2n) is 5.55. The third-order valence-corrected chi connectivity index (χ3v) is 5.19. The van der Waals surface area contributed by atoms with E-state index in [1.165, 1.54) is 22.8 Å². The van der Waals surface area contributed by atoms with Crippen molar-refractivity contribution in [3.05, 3.63) is 69.0 Å². The SMILES string of the molecule is CCn1c(=O)oc(=O)c2cc(S(=O)(=O)Nc3ccc(C)cc3)ccc21. The van der Waals surface area contributed by atoms with Crippen LogP contribution >= 0.6 is 0 Å². The molecule has 0 aliphatic heterocycles. The largest absolute Gasteiger partial charge is 0.422 e. The standard InChI is InChI=1S/C17H16N2O5S/c1-3-19-15-9-8-13(10-14(15)16(20)24-17(19)21)25(22,23)18-12-6-4-11(2)5-7-12/h4-10,18H,3H2,1-2H3. The number of aryl methyl sites for hydroxylation is 2. The minimum atomic E-state index is -3.88. The van der Waals surface area contributed by atoms with E-state index >= 15 is 0 Å². The Morgan fingerprint density at radius 2 is 1.76 bits per heavy atom. The number of rotatable bonds is 4. The molecule has 0 fully saturated rings. The summed E-state index contributed by atoms with van der Waals surface area (Å²) in [5.74, 6) is -0.770. The van der Waals surface area contributed by atoms with Gasteiger partial charge in [-0.2, -0.15) is 0 Å². The molecule has 0 aliphatic rings. The molecule has 1 N–H and O–H groups in total. The average molecular weight is 360 g/mol. The molecule has 1 aromatic heterocycles. The van der Waals surface area contributed by atoms with Gasteiger partial charge in [-0.05, 0) is 44.2 Å². The summed E-state index contributed by atoms with van der Waals surface area (Å²) in [5, 5.41) is 0.0354. The van der Waals surface area contributed by atoms with Gasteiger partial charge in [-0.25, -0.2) is 18.0 Å². The Kier molecular flexibility index (Phi) is 4.22. The average Bonchev–Trinajstić information content (AvgIpc) is 2.57. The Bertz CT molecular complexity index is 1160. The van der Waals surface area contributed by atoms with E-state index in [1.54, 1.807) is 31.2 Å². The topological polar surface area (TPSA) is 98.4 Å². The van der Waals surface area contributed by atoms with Crippen LogP contribution in [0.15, 0.2) is 61.4 Å². The van der Waals surface area contributed by atoms with Crippen molar-refractivity contribution in [2.24, 2.45) is 0 Å². The summed E-state index contributed by atoms with van der Waals surface area (Å²) >= 11 is 0. The van der Waals surface area contributed by atoms with Crippen LogP contribution in [0, 0.1) is 6.92 Å². The smallest absolute Gasteiger partial charge is 0.372 e. The second kappa shape index (κ2) is 6.21. The molecular formula is C17H16N2O5S. The maximum atomic E-state index is 12.6. The third-order valence-electron chi connectivity index (χ3n) is 3.81. The van der Waals surface area contributed by atoms with Crippen LogP contribution in [-0.2, 0) is 16.6 Å². The maximum absolute atomic E-state index is 12.6. The summed E-state index contributed by atoms with van der Waals surface area (Å²) in [6.45, 7) is 3.92. The molecule has 8 heteroatoms. The molecular weight excluding hydrogens is 344 g/mol. The van der Waals surface area contributed by atoms with Crippen LogP contribution in [0.25, 0.3) is 10.9 Å². The predicted octanol–water partition coefficient (Wildman–Crippen LogP) is 2.08. The summed E-state index contributed by atoms with van der Waals surface area (Å²) < 4.78 is 33.5. The molecule has 0 aliphatic carbocycles. The lowest BCUT2D eigenvalue weighted by Gasteiger charge is -2.10. The molecule has 3 aromatic rings. The fourth-order valence-corrected chi connectivity index (χ4v) is 3.59. The number of aromatic nitrogens is 1. The van der Waals surface area contributed by atoms with Gasteiger partial charge in [0.1, 0.15) is 0 Å². The third kappa shape index (κ3) is 3.20. The zero-order valence-corrected chi connectivity index (χ0v) is 14.5. The molecule has 130 valence electrons. The van der Waals surface area contributed by atoms with Crippen molar-refractivity contribution in [1.29, 1.82) is 0 Å². The Balaban J connectivity index is 2.11. The van der Waals surface area contributed by atoms with Gasteiger partial charge in [0.25, 0.3) is 10.0 Å². The van der Waals surface area contributed by atoms with E-state index in [9.17, 15) is 18.0 Å². The van der Waals surface area contributed by atoms with Crippen LogP contribution in [0.3, 0.4) is 0 Å². The number of hydrogen-bond acceptors (Lipinski definition) is 5. The van der Waals surface area contributed by atoms with Gasteiger partial charge in [0.15, 0.2) is 0 Å². The van der Waals surface area contributed by atoms with Crippen LogP contribution in [0.1, 0.15) is 12.5 Å². The molecule has 3 rings (SSSR count). The molecule has 0 bridgehead atoms. The van der Waals surface area contributed by atoms with Gasteiger partial charge in [-0.3, -0.25) is 9.29 Å². The first kappa shape index (κ1) is 17.0. The minimum absolute atomic E-state index is 0.0354. The van der Waals surface area contributed by atoms with Crippen molar-refractivity contribution in [1.82, 2.24) is 4.57 Å². The highest BCUT2D eigenvalue weighted by Gasteiger charge is 2.17. The van der Waals surface area contributed by atoms with Crippen molar-refractivity contribution in [2.75, 3.05) is 4.72 Å². The van der Waals surface area contributed by atoms with Gasteiger partial charge >= 0.3 is 11.4 Å². The number of fused-ring (bicyclic) bond motifs is 1. The maximum Gasteiger partial charge on any atom is 0.422 e. The first-order valence-corrected chi connectivity index (χ1v) is 9.07. The molecule has 0 amide bonds. The molecule has 0 unspecified atom stereocenters. The fourth-order valence-electron chi connectivity index (χ4n) is 2.50. The van der Waals surface area contributed by atoms with Gasteiger partial charge in [0.05, 0.1) is 15.8 Å². The molecule has 2 aromatic carbocycles. The minimum Gasteiger partial charge on any atom is -0.372 e. The van der Waals surface area contributed by atoms with Crippen molar-refractivity contribution >= 4 is 26.6 Å². The van der Waals surface area contributed by atoms with E-state index in [1.807, 2.05) is 6.92 Å². The Morgan fingerprint density at radius 1 is 1.08 bits per heavy atom. The summed E-state index contributed by atoms with van der Waals surface area (Å²) in [4.78, 5) is 23.6. The zero-order chi connectivity index (χ0) is 18.2. The van der Waals surface area contributed by atoms with Crippen LogP contribution in [0.4, 0.5) is 5.69 Å². The van der Waals surface area contributed by atoms with E-state index in [-0.39, 0.29) is 10.3 Å². The zero-order valence-electron chi connectivity index (χ0n) is 13.6. The Labute approximate surface area is 143 Å². The summed E-state index contributed by atoms with van der Waals surface area (Å²) in [6, 6.07) is 10.9. The van der Waals surface area contributed by atoms with Crippen molar-refractivity contribution in [3.63, 3.8) is 0 Å². The van der Waals surface area contributed by atoms with E-state index in [0.29, 0.717) is 17.7 Å². The monoisotopic (exact) mass is 360 g/mol. The van der Waals surface area contributed by atoms with E-state index < -0.39 is 21.4 Å². The number of hydrogen-bond donors (Lipinski definition) is 1. The molecule has 0 spiro atoms. The predicted molar refractivity (Wildman–Crippen MR) is 94.4 cm³/mol. The van der Waals surface area contributed by atoms with Gasteiger partial charge < -0.3 is 4.42 Å². The number of nitrogens with zero attached hydrogens (tertiary/aromatic N) is 1. The van der Waals surface area contributed by atoms with Crippen molar-refractivity contribution in [2.45, 2.75) is 25.3 Å². The normalized spacial score (nSPS) is 11.6. The number of benzene rings is 2. The van der Waals surface area contributed by atoms with Crippen LogP contribution in [0.5, 0.6) is 0 Å². The van der Waals surface area contributed by atoms with Crippen LogP contribution in [-0.4, -0.2) is 13.0 Å². The molecule has 25 heavy (non-hydrogen) atoms. The summed E-state index contributed by atoms with van der Waals surface area (Å²) in [6.07, 6.45) is 0. The quantitative estimate of drug-likeness (QED) is 0.768. The van der Waals surface area contributed by atoms with Gasteiger partial charge in [0.2, 0.25) is 0 Å². The number of anilines is 1. The van der Waals surface area contributed by atoms with Crippen LogP contribution < -0.4 is 16.1 Å². The second-order valence-corrected chi connectivity index (χ2v) is 7.23. The van der Waals surface area contributed by atoms with Crippen molar-refractivity contribution < 1.29 is 12.8 Å². The lowest BCUT2D eigenvalue weighted by Crippen LogP contribution is -2.24. The molecule has 0 saturated carbocycles. The molecule has 0 radical (unpaired) electrons. The van der Waals surface area contributed by atoms with E-state index in [0.717, 1.165) is 5.56 Å². The molecule has 7 nitrogen and oxygen atoms in total. The van der Waals surface area contributed by atoms with Gasteiger partial charge in [-0.15, -0.1) is 0 Å². The highest BCUT2D eigenvalue weighted by atomic mass is 32.2. The Morgan fingerprint density at radius 3 is 2.40 bits per heavy atom. The van der Waals surface area contributed by atoms with Gasteiger partial charge in [-0.1, -0.05) is 17.7 Å². The number of nitrogens with one attached hydrogen (secondary N) is 1. The lowest BCUT2D eigenvalue weighted by molar-refractivity contribution is 0.421. The molecule has 1 heterocycles. The first-order valence-electron chi connectivity index (χ1n) is 7.59. The van der Waals surface area contributed by atoms with Crippen LogP contribution in [0.2, 0.25) is 0 Å². The highest BCUT2D eigenvalue weighted by Crippen LogP contribution is 2.19. The van der Waals surface area contributed by atoms with Crippen molar-refractivity contribution in [3.8, 4) is 0 Å². The van der Waals surface area contributed by atoms with Gasteiger partial charge in [0, 0.05) is 12.2 Å².